The number of hydrogen-bond donors (Lipinski definition) is 2. The molecule has 34 heavy (non-hydrogen) atoms. The molecular weight excluding hydrogens is 486 g/mol. The van der Waals surface area contributed by atoms with E-state index in [-0.39, 0.29) is 47.7 Å². The minimum absolute atomic E-state index is 0. The van der Waals surface area contributed by atoms with Gasteiger partial charge < -0.3 is 20.1 Å². The Kier molecular flexibility index (Phi) is 11.0. The van der Waals surface area contributed by atoms with E-state index in [1.807, 2.05) is 24.3 Å². The second-order valence-electron chi connectivity index (χ2n) is 8.14. The quantitative estimate of drug-likeness (QED) is 0.433. The number of aliphatic hydroxyl groups is 2. The van der Waals surface area contributed by atoms with Crippen molar-refractivity contribution in [3.63, 3.8) is 0 Å². The SMILES string of the molecule is CC(C)c1sc(-c2ccc(Cl)cc2)c(-c2ccc(F)cc2)c1/C=C/[C@@H](O)C[C@@H](O)CC(=O)[O-].[Na+]. The topological polar surface area (TPSA) is 80.6 Å². The van der Waals surface area contributed by atoms with E-state index in [0.29, 0.717) is 5.02 Å². The molecule has 1 heterocycles. The van der Waals surface area contributed by atoms with E-state index in [0.717, 1.165) is 32.0 Å². The standard InChI is InChI=1S/C26H26ClFO4S.Na/c1-15(2)25-22(12-11-20(29)13-21(30)14-23(31)32)24(16-5-9-19(28)10-6-16)26(33-25)17-3-7-18(27)8-4-17;/h3-12,15,20-21,29-30H,13-14H2,1-2H3,(H,31,32);/q;+1/p-1/b12-11+;/t20-,21-;/m1./s1. The Morgan fingerprint density at radius 3 is 2.24 bits per heavy atom. The molecule has 2 aromatic carbocycles. The van der Waals surface area contributed by atoms with Gasteiger partial charge >= 0.3 is 29.6 Å². The van der Waals surface area contributed by atoms with Crippen molar-refractivity contribution in [1.82, 2.24) is 0 Å². The summed E-state index contributed by atoms with van der Waals surface area (Å²) in [5.41, 5.74) is 3.59. The van der Waals surface area contributed by atoms with Crippen molar-refractivity contribution in [2.75, 3.05) is 0 Å². The van der Waals surface area contributed by atoms with Crippen LogP contribution in [0.4, 0.5) is 4.39 Å². The molecule has 4 nitrogen and oxygen atoms in total. The molecule has 0 fully saturated rings. The summed E-state index contributed by atoms with van der Waals surface area (Å²) >= 11 is 7.70. The molecule has 3 rings (SSSR count). The predicted molar refractivity (Wildman–Crippen MR) is 130 cm³/mol. The third-order valence-electron chi connectivity index (χ3n) is 5.14. The van der Waals surface area contributed by atoms with Crippen LogP contribution in [0.5, 0.6) is 0 Å². The Balaban J connectivity index is 0.00000408. The third-order valence-corrected chi connectivity index (χ3v) is 6.95. The minimum atomic E-state index is -1.37. The fourth-order valence-electron chi connectivity index (χ4n) is 3.60. The number of halogens is 2. The van der Waals surface area contributed by atoms with Gasteiger partial charge in [0.25, 0.3) is 0 Å². The molecule has 0 aliphatic rings. The van der Waals surface area contributed by atoms with Crippen molar-refractivity contribution < 1.29 is 54.1 Å². The van der Waals surface area contributed by atoms with Crippen molar-refractivity contribution in [3.05, 3.63) is 75.9 Å². The molecule has 0 saturated heterocycles. The number of rotatable bonds is 9. The molecule has 0 radical (unpaired) electrons. The molecule has 0 bridgehead atoms. The Morgan fingerprint density at radius 2 is 1.68 bits per heavy atom. The van der Waals surface area contributed by atoms with E-state index in [9.17, 15) is 24.5 Å². The molecule has 1 aromatic heterocycles. The third kappa shape index (κ3) is 7.49. The Morgan fingerprint density at radius 1 is 1.09 bits per heavy atom. The summed E-state index contributed by atoms with van der Waals surface area (Å²) in [6.07, 6.45) is 0.428. The first-order valence-electron chi connectivity index (χ1n) is 10.6. The van der Waals surface area contributed by atoms with Crippen LogP contribution in [0.2, 0.25) is 5.02 Å². The van der Waals surface area contributed by atoms with Crippen LogP contribution < -0.4 is 34.7 Å². The van der Waals surface area contributed by atoms with E-state index in [4.69, 9.17) is 11.6 Å². The summed E-state index contributed by atoms with van der Waals surface area (Å²) in [6.45, 7) is 4.15. The van der Waals surface area contributed by atoms with Gasteiger partial charge in [0.1, 0.15) is 5.82 Å². The van der Waals surface area contributed by atoms with Gasteiger partial charge in [-0.2, -0.15) is 0 Å². The van der Waals surface area contributed by atoms with Crippen LogP contribution in [-0.2, 0) is 4.79 Å². The van der Waals surface area contributed by atoms with E-state index < -0.39 is 24.6 Å². The normalized spacial score (nSPS) is 13.1. The minimum Gasteiger partial charge on any atom is -0.550 e. The number of carbonyl (C=O) groups is 1. The van der Waals surface area contributed by atoms with Gasteiger partial charge in [0.15, 0.2) is 0 Å². The number of aliphatic hydroxyl groups excluding tert-OH is 2. The van der Waals surface area contributed by atoms with Gasteiger partial charge in [0.05, 0.1) is 12.2 Å². The van der Waals surface area contributed by atoms with Crippen molar-refractivity contribution in [2.45, 2.75) is 44.8 Å². The van der Waals surface area contributed by atoms with Crippen LogP contribution in [0.3, 0.4) is 0 Å². The zero-order valence-electron chi connectivity index (χ0n) is 19.3. The fourth-order valence-corrected chi connectivity index (χ4v) is 5.05. The molecule has 174 valence electrons. The number of carboxylic acids is 1. The molecule has 0 aliphatic heterocycles. The Labute approximate surface area is 230 Å². The average molecular weight is 511 g/mol. The van der Waals surface area contributed by atoms with E-state index in [1.54, 1.807) is 35.6 Å². The van der Waals surface area contributed by atoms with Gasteiger partial charge in [-0.3, -0.25) is 0 Å². The average Bonchev–Trinajstić information content (AvgIpc) is 3.12. The largest absolute Gasteiger partial charge is 1.00 e. The van der Waals surface area contributed by atoms with Gasteiger partial charge in [-0.05, 0) is 46.9 Å². The van der Waals surface area contributed by atoms with Crippen molar-refractivity contribution in [2.24, 2.45) is 0 Å². The molecule has 0 spiro atoms. The predicted octanol–water partition coefficient (Wildman–Crippen LogP) is 2.27. The molecule has 3 aromatic rings. The number of hydrogen-bond acceptors (Lipinski definition) is 5. The van der Waals surface area contributed by atoms with Crippen molar-refractivity contribution >= 4 is 35.0 Å². The monoisotopic (exact) mass is 510 g/mol. The summed E-state index contributed by atoms with van der Waals surface area (Å²) in [4.78, 5) is 12.7. The van der Waals surface area contributed by atoms with Crippen LogP contribution in [0, 0.1) is 5.82 Å². The molecule has 2 N–H and O–H groups in total. The second kappa shape index (κ2) is 13.0. The van der Waals surface area contributed by atoms with Gasteiger partial charge in [-0.15, -0.1) is 11.3 Å². The first-order valence-corrected chi connectivity index (χ1v) is 11.8. The molecule has 8 heteroatoms. The van der Waals surface area contributed by atoms with Gasteiger partial charge in [0, 0.05) is 39.2 Å². The molecule has 2 atom stereocenters. The maximum absolute atomic E-state index is 13.6. The molecule has 0 saturated carbocycles. The van der Waals surface area contributed by atoms with Gasteiger partial charge in [0.2, 0.25) is 0 Å². The van der Waals surface area contributed by atoms with Crippen LogP contribution in [0.1, 0.15) is 43.0 Å². The van der Waals surface area contributed by atoms with Crippen molar-refractivity contribution in [3.8, 4) is 21.6 Å². The Bertz CT molecular complexity index is 1130. The number of carboxylic acid groups (broad SMARTS) is 1. The molecule has 0 aliphatic carbocycles. The summed E-state index contributed by atoms with van der Waals surface area (Å²) < 4.78 is 13.6. The first-order chi connectivity index (χ1) is 15.7. The molecule has 0 unspecified atom stereocenters. The van der Waals surface area contributed by atoms with Gasteiger partial charge in [-0.25, -0.2) is 4.39 Å². The first kappa shape index (κ1) is 28.7. The number of carbonyl (C=O) groups excluding carboxylic acids is 1. The van der Waals surface area contributed by atoms with E-state index >= 15 is 0 Å². The van der Waals surface area contributed by atoms with Crippen LogP contribution >= 0.6 is 22.9 Å². The molecule has 0 amide bonds. The summed E-state index contributed by atoms with van der Waals surface area (Å²) in [6, 6.07) is 13.8. The van der Waals surface area contributed by atoms with E-state index in [2.05, 4.69) is 13.8 Å². The Hall–Kier alpha value is -1.51. The van der Waals surface area contributed by atoms with Crippen LogP contribution in [0.15, 0.2) is 54.6 Å². The summed E-state index contributed by atoms with van der Waals surface area (Å²) in [7, 11) is 0. The maximum atomic E-state index is 13.6. The van der Waals surface area contributed by atoms with Gasteiger partial charge in [-0.1, -0.05) is 61.9 Å². The zero-order chi connectivity index (χ0) is 24.1. The van der Waals surface area contributed by atoms with Crippen molar-refractivity contribution in [1.29, 1.82) is 0 Å². The van der Waals surface area contributed by atoms with Crippen LogP contribution in [-0.4, -0.2) is 28.4 Å². The number of thiophene rings is 1. The number of aliphatic carboxylic acids is 1. The molecular formula is C26H25ClFNaO4S. The summed E-state index contributed by atoms with van der Waals surface area (Å²) in [5, 5.41) is 31.5. The van der Waals surface area contributed by atoms with Crippen LogP contribution in [0.25, 0.3) is 27.6 Å². The smallest absolute Gasteiger partial charge is 0.550 e. The maximum Gasteiger partial charge on any atom is 1.00 e. The second-order valence-corrected chi connectivity index (χ2v) is 9.63. The number of benzene rings is 2. The van der Waals surface area contributed by atoms with E-state index in [1.165, 1.54) is 12.1 Å². The fraction of sp³-hybridized carbons (Fsp3) is 0.269. The zero-order valence-corrected chi connectivity index (χ0v) is 22.9. The summed E-state index contributed by atoms with van der Waals surface area (Å²) in [5.74, 6) is -1.53.